The van der Waals surface area contributed by atoms with E-state index in [0.717, 1.165) is 41.0 Å². The van der Waals surface area contributed by atoms with Crippen LogP contribution in [0.15, 0.2) is 64.8 Å². The molecule has 0 aliphatic carbocycles. The lowest BCUT2D eigenvalue weighted by Crippen LogP contribution is -2.46. The van der Waals surface area contributed by atoms with E-state index in [4.69, 9.17) is 14.2 Å². The summed E-state index contributed by atoms with van der Waals surface area (Å²) in [4.78, 5) is 19.3. The number of aromatic nitrogens is 2. The van der Waals surface area contributed by atoms with Crippen molar-refractivity contribution in [1.29, 1.82) is 0 Å². The Kier molecular flexibility index (Phi) is 6.54. The number of benzene rings is 2. The maximum Gasteiger partial charge on any atom is 0.322 e. The Hall–Kier alpha value is -3.61. The number of hydrogen-bond donors (Lipinski definition) is 1. The van der Waals surface area contributed by atoms with Crippen LogP contribution in [0.25, 0.3) is 17.0 Å². The number of hydrogen-bond acceptors (Lipinski definition) is 5. The molecule has 1 aromatic heterocycles. The molecule has 32 heavy (non-hydrogen) atoms. The summed E-state index contributed by atoms with van der Waals surface area (Å²) in [6.45, 7) is 7.25. The molecule has 1 aliphatic heterocycles. The first-order chi connectivity index (χ1) is 15.6. The number of unbranched alkanes of at least 4 members (excludes halogenated alkanes) is 1. The number of nitrogens with zero attached hydrogens (tertiary/aromatic N) is 3. The zero-order valence-corrected chi connectivity index (χ0v) is 18.7. The lowest BCUT2D eigenvalue weighted by atomic mass is 9.94. The van der Waals surface area contributed by atoms with Crippen molar-refractivity contribution < 1.29 is 14.1 Å². The van der Waals surface area contributed by atoms with Crippen molar-refractivity contribution in [1.82, 2.24) is 20.4 Å². The molecule has 2 amide bonds. The number of ether oxygens (including phenoxy) is 1. The van der Waals surface area contributed by atoms with E-state index >= 15 is 0 Å². The zero-order chi connectivity index (χ0) is 22.5. The number of amides is 2. The molecule has 3 aromatic rings. The van der Waals surface area contributed by atoms with Gasteiger partial charge in [0, 0.05) is 17.8 Å². The second-order valence-corrected chi connectivity index (χ2v) is 7.68. The molecule has 2 heterocycles. The highest BCUT2D eigenvalue weighted by Gasteiger charge is 2.35. The van der Waals surface area contributed by atoms with Gasteiger partial charge in [-0.25, -0.2) is 4.79 Å². The van der Waals surface area contributed by atoms with E-state index in [9.17, 15) is 4.79 Å². The smallest absolute Gasteiger partial charge is 0.322 e. The summed E-state index contributed by atoms with van der Waals surface area (Å²) in [5.74, 6) is 1.69. The van der Waals surface area contributed by atoms with E-state index < -0.39 is 0 Å². The molecule has 1 unspecified atom stereocenters. The minimum atomic E-state index is -0.366. The molecule has 2 aromatic carbocycles. The van der Waals surface area contributed by atoms with Gasteiger partial charge in [0.2, 0.25) is 5.82 Å². The summed E-state index contributed by atoms with van der Waals surface area (Å²) < 4.78 is 11.2. The van der Waals surface area contributed by atoms with Crippen molar-refractivity contribution in [3.63, 3.8) is 0 Å². The van der Waals surface area contributed by atoms with Gasteiger partial charge in [-0.1, -0.05) is 48.8 Å². The molecule has 0 radical (unpaired) electrons. The summed E-state index contributed by atoms with van der Waals surface area (Å²) in [5, 5.41) is 7.34. The lowest BCUT2D eigenvalue weighted by molar-refractivity contribution is 0.204. The van der Waals surface area contributed by atoms with Gasteiger partial charge in [0.25, 0.3) is 5.89 Å². The van der Waals surface area contributed by atoms with Gasteiger partial charge in [-0.2, -0.15) is 4.98 Å². The van der Waals surface area contributed by atoms with Crippen molar-refractivity contribution >= 4 is 11.6 Å². The quantitative estimate of drug-likeness (QED) is 0.513. The molecule has 7 nitrogen and oxygen atoms in total. The Bertz CT molecular complexity index is 1090. The number of nitrogens with one attached hydrogen (secondary N) is 1. The third-order valence-electron chi connectivity index (χ3n) is 5.54. The summed E-state index contributed by atoms with van der Waals surface area (Å²) in [7, 11) is 0. The van der Waals surface area contributed by atoms with Gasteiger partial charge >= 0.3 is 6.03 Å². The second-order valence-electron chi connectivity index (χ2n) is 7.68. The maximum absolute atomic E-state index is 12.9. The predicted molar refractivity (Wildman–Crippen MR) is 123 cm³/mol. The van der Waals surface area contributed by atoms with Crippen molar-refractivity contribution in [3.8, 4) is 17.1 Å². The Morgan fingerprint density at radius 2 is 1.84 bits per heavy atom. The van der Waals surface area contributed by atoms with Gasteiger partial charge in [0.15, 0.2) is 0 Å². The highest BCUT2D eigenvalue weighted by Crippen LogP contribution is 2.37. The van der Waals surface area contributed by atoms with Gasteiger partial charge in [0.1, 0.15) is 5.75 Å². The SMILES string of the molecule is CCCCN1C(=O)NC(c2ccccc2)C(c2nc(-c3ccc(OCC)cc3)no2)=C1C. The first kappa shape index (κ1) is 21.6. The molecule has 0 spiro atoms. The Labute approximate surface area is 188 Å². The van der Waals surface area contributed by atoms with Crippen molar-refractivity contribution in [3.05, 3.63) is 71.7 Å². The molecule has 7 heteroatoms. The van der Waals surface area contributed by atoms with Gasteiger partial charge in [-0.05, 0) is 50.1 Å². The van der Waals surface area contributed by atoms with Crippen molar-refractivity contribution in [2.75, 3.05) is 13.2 Å². The molecule has 0 saturated carbocycles. The lowest BCUT2D eigenvalue weighted by Gasteiger charge is -2.35. The molecule has 1 aliphatic rings. The van der Waals surface area contributed by atoms with E-state index in [-0.39, 0.29) is 12.1 Å². The first-order valence-corrected chi connectivity index (χ1v) is 11.0. The molecule has 0 fully saturated rings. The second kappa shape index (κ2) is 9.68. The fourth-order valence-corrected chi connectivity index (χ4v) is 3.86. The number of urea groups is 1. The highest BCUT2D eigenvalue weighted by atomic mass is 16.5. The van der Waals surface area contributed by atoms with Gasteiger partial charge in [-0.15, -0.1) is 0 Å². The van der Waals surface area contributed by atoms with E-state index in [1.165, 1.54) is 0 Å². The van der Waals surface area contributed by atoms with Crippen molar-refractivity contribution in [2.24, 2.45) is 0 Å². The number of allylic oxidation sites excluding steroid dienone is 1. The van der Waals surface area contributed by atoms with Crippen LogP contribution in [0.4, 0.5) is 4.79 Å². The number of carbonyl (C=O) groups is 1. The third kappa shape index (κ3) is 4.37. The largest absolute Gasteiger partial charge is 0.494 e. The summed E-state index contributed by atoms with van der Waals surface area (Å²) >= 11 is 0. The maximum atomic E-state index is 12.9. The summed E-state index contributed by atoms with van der Waals surface area (Å²) in [6.07, 6.45) is 1.91. The Balaban J connectivity index is 1.73. The van der Waals surface area contributed by atoms with Gasteiger partial charge < -0.3 is 14.6 Å². The zero-order valence-electron chi connectivity index (χ0n) is 18.7. The minimum Gasteiger partial charge on any atom is -0.494 e. The van der Waals surface area contributed by atoms with Crippen molar-refractivity contribution in [2.45, 2.75) is 39.7 Å². The van der Waals surface area contributed by atoms with Crippen LogP contribution in [0.5, 0.6) is 5.75 Å². The molecule has 1 N–H and O–H groups in total. The Morgan fingerprint density at radius 1 is 1.09 bits per heavy atom. The average Bonchev–Trinajstić information content (AvgIpc) is 3.29. The van der Waals surface area contributed by atoms with E-state index in [1.807, 2.05) is 68.4 Å². The predicted octanol–water partition coefficient (Wildman–Crippen LogP) is 5.43. The van der Waals surface area contributed by atoms with Crippen LogP contribution in [0.2, 0.25) is 0 Å². The Morgan fingerprint density at radius 3 is 2.53 bits per heavy atom. The highest BCUT2D eigenvalue weighted by molar-refractivity contribution is 5.86. The molecule has 1 atom stereocenters. The number of rotatable bonds is 8. The summed E-state index contributed by atoms with van der Waals surface area (Å²) in [6, 6.07) is 17.0. The average molecular weight is 433 g/mol. The fraction of sp³-hybridized carbons (Fsp3) is 0.320. The van der Waals surface area contributed by atoms with Crippen LogP contribution in [0, 0.1) is 0 Å². The standard InChI is InChI=1S/C25H28N4O3/c1-4-6-16-29-17(3)21(22(26-25(29)30)18-10-8-7-9-11-18)24-27-23(28-32-24)19-12-14-20(15-13-19)31-5-2/h7-15,22H,4-6,16H2,1-3H3,(H,26,30). The summed E-state index contributed by atoms with van der Waals surface area (Å²) in [5.41, 5.74) is 3.45. The van der Waals surface area contributed by atoms with Crippen LogP contribution in [0.3, 0.4) is 0 Å². The molecule has 4 rings (SSSR count). The van der Waals surface area contributed by atoms with E-state index in [1.54, 1.807) is 4.90 Å². The van der Waals surface area contributed by atoms with Crippen LogP contribution < -0.4 is 10.1 Å². The van der Waals surface area contributed by atoms with Crippen LogP contribution in [-0.4, -0.2) is 34.2 Å². The number of carbonyl (C=O) groups excluding carboxylic acids is 1. The molecule has 0 bridgehead atoms. The van der Waals surface area contributed by atoms with E-state index in [0.29, 0.717) is 24.9 Å². The molecular formula is C25H28N4O3. The normalized spacial score (nSPS) is 16.3. The van der Waals surface area contributed by atoms with Gasteiger partial charge in [-0.3, -0.25) is 4.90 Å². The monoisotopic (exact) mass is 432 g/mol. The molecule has 0 saturated heterocycles. The molecule has 166 valence electrons. The first-order valence-electron chi connectivity index (χ1n) is 11.0. The molecular weight excluding hydrogens is 404 g/mol. The third-order valence-corrected chi connectivity index (χ3v) is 5.54. The van der Waals surface area contributed by atoms with E-state index in [2.05, 4.69) is 17.4 Å². The fourth-order valence-electron chi connectivity index (χ4n) is 3.86. The van der Waals surface area contributed by atoms with Crippen LogP contribution >= 0.6 is 0 Å². The minimum absolute atomic E-state index is 0.111. The topological polar surface area (TPSA) is 80.5 Å². The van der Waals surface area contributed by atoms with Gasteiger partial charge in [0.05, 0.1) is 18.2 Å². The van der Waals surface area contributed by atoms with Crippen LogP contribution in [-0.2, 0) is 0 Å². The van der Waals surface area contributed by atoms with Crippen LogP contribution in [0.1, 0.15) is 51.1 Å².